The maximum Gasteiger partial charge on any atom is 0.261 e. The Balaban J connectivity index is 2.26. The summed E-state index contributed by atoms with van der Waals surface area (Å²) in [5, 5.41) is 0.342. The minimum Gasteiger partial charge on any atom is -0.278 e. The van der Waals surface area contributed by atoms with Gasteiger partial charge in [0, 0.05) is 4.47 Å². The highest BCUT2D eigenvalue weighted by Gasteiger charge is 2.16. The van der Waals surface area contributed by atoms with Crippen molar-refractivity contribution < 1.29 is 8.42 Å². The third-order valence-electron chi connectivity index (χ3n) is 3.55. The molecule has 0 amide bonds. The molecule has 0 aromatic heterocycles. The number of nitrogens with one attached hydrogen (secondary N) is 1. The van der Waals surface area contributed by atoms with E-state index >= 15 is 0 Å². The van der Waals surface area contributed by atoms with Crippen molar-refractivity contribution >= 4 is 43.2 Å². The number of anilines is 1. The van der Waals surface area contributed by atoms with Gasteiger partial charge >= 0.3 is 0 Å². The molecule has 2 rings (SSSR count). The molecule has 0 aliphatic heterocycles. The van der Waals surface area contributed by atoms with Gasteiger partial charge in [-0.3, -0.25) is 4.72 Å². The summed E-state index contributed by atoms with van der Waals surface area (Å²) in [6, 6.07) is 11.9. The lowest BCUT2D eigenvalue weighted by molar-refractivity contribution is 0.601. The van der Waals surface area contributed by atoms with E-state index in [1.165, 1.54) is 0 Å². The van der Waals surface area contributed by atoms with Crippen LogP contribution in [0.4, 0.5) is 5.69 Å². The number of hydrogen-bond acceptors (Lipinski definition) is 2. The van der Waals surface area contributed by atoms with E-state index in [9.17, 15) is 8.42 Å². The number of sulfonamides is 1. The van der Waals surface area contributed by atoms with Gasteiger partial charge in [0.25, 0.3) is 10.0 Å². The van der Waals surface area contributed by atoms with Crippen molar-refractivity contribution in [3.8, 4) is 0 Å². The molecule has 3 nitrogen and oxygen atoms in total. The lowest BCUT2D eigenvalue weighted by Gasteiger charge is -2.12. The molecule has 1 N–H and O–H groups in total. The van der Waals surface area contributed by atoms with Gasteiger partial charge in [-0.05, 0) is 48.2 Å². The largest absolute Gasteiger partial charge is 0.278 e. The first-order valence-electron chi connectivity index (χ1n) is 6.91. The van der Waals surface area contributed by atoms with Crippen LogP contribution in [-0.4, -0.2) is 8.42 Å². The van der Waals surface area contributed by atoms with Crippen LogP contribution in [0.15, 0.2) is 51.8 Å². The van der Waals surface area contributed by atoms with E-state index in [-0.39, 0.29) is 4.90 Å². The molecule has 0 aliphatic rings. The van der Waals surface area contributed by atoms with Crippen LogP contribution < -0.4 is 4.72 Å². The quantitative estimate of drug-likeness (QED) is 0.726. The molecule has 2 aromatic rings. The first kappa shape index (κ1) is 17.3. The second-order valence-electron chi connectivity index (χ2n) is 5.11. The molecule has 0 saturated carbocycles. The summed E-state index contributed by atoms with van der Waals surface area (Å²) >= 11 is 9.34. The topological polar surface area (TPSA) is 46.2 Å². The molecular formula is C16H17BrClNO2S. The minimum absolute atomic E-state index is 0.221. The van der Waals surface area contributed by atoms with E-state index in [0.717, 1.165) is 16.5 Å². The lowest BCUT2D eigenvalue weighted by atomic mass is 9.99. The van der Waals surface area contributed by atoms with Gasteiger partial charge in [-0.15, -0.1) is 0 Å². The fraction of sp³-hybridized carbons (Fsp3) is 0.250. The molecule has 0 saturated heterocycles. The van der Waals surface area contributed by atoms with Crippen LogP contribution in [0.2, 0.25) is 5.02 Å². The van der Waals surface area contributed by atoms with Gasteiger partial charge in [0.1, 0.15) is 0 Å². The summed E-state index contributed by atoms with van der Waals surface area (Å²) in [5.74, 6) is 0.408. The van der Waals surface area contributed by atoms with E-state index in [1.807, 2.05) is 12.1 Å². The highest BCUT2D eigenvalue weighted by molar-refractivity contribution is 9.10. The summed E-state index contributed by atoms with van der Waals surface area (Å²) in [5.41, 5.74) is 1.49. The zero-order chi connectivity index (χ0) is 16.3. The fourth-order valence-corrected chi connectivity index (χ4v) is 3.84. The Hall–Kier alpha value is -1.04. The summed E-state index contributed by atoms with van der Waals surface area (Å²) in [4.78, 5) is 0.221. The second-order valence-corrected chi connectivity index (χ2v) is 8.11. The van der Waals surface area contributed by atoms with Gasteiger partial charge in [-0.1, -0.05) is 53.5 Å². The number of rotatable bonds is 5. The average Bonchev–Trinajstić information content (AvgIpc) is 2.49. The maximum atomic E-state index is 12.4. The summed E-state index contributed by atoms with van der Waals surface area (Å²) in [6.45, 7) is 4.22. The van der Waals surface area contributed by atoms with Crippen molar-refractivity contribution in [2.24, 2.45) is 0 Å². The minimum atomic E-state index is -3.65. The van der Waals surface area contributed by atoms with Gasteiger partial charge in [0.05, 0.1) is 15.6 Å². The first-order valence-corrected chi connectivity index (χ1v) is 9.56. The predicted molar refractivity (Wildman–Crippen MR) is 95.1 cm³/mol. The van der Waals surface area contributed by atoms with E-state index in [0.29, 0.717) is 16.6 Å². The smallest absolute Gasteiger partial charge is 0.261 e. The Labute approximate surface area is 144 Å². The standard InChI is InChI=1S/C16H17BrClNO2S/c1-3-11(2)12-4-7-14(8-5-12)22(20,21)19-16-9-6-13(17)10-15(16)18/h4-11,19H,3H2,1-2H3. The van der Waals surface area contributed by atoms with Gasteiger partial charge < -0.3 is 0 Å². The molecule has 6 heteroatoms. The summed E-state index contributed by atoms with van der Waals surface area (Å²) in [6.07, 6.45) is 1.01. The van der Waals surface area contributed by atoms with Crippen molar-refractivity contribution in [2.75, 3.05) is 4.72 Å². The van der Waals surface area contributed by atoms with E-state index in [2.05, 4.69) is 34.5 Å². The maximum absolute atomic E-state index is 12.4. The average molecular weight is 403 g/mol. The number of hydrogen-bond donors (Lipinski definition) is 1. The van der Waals surface area contributed by atoms with Crippen molar-refractivity contribution in [3.63, 3.8) is 0 Å². The third kappa shape index (κ3) is 4.03. The van der Waals surface area contributed by atoms with Crippen LogP contribution in [0.1, 0.15) is 31.7 Å². The SMILES string of the molecule is CCC(C)c1ccc(S(=O)(=O)Nc2ccc(Br)cc2Cl)cc1. The van der Waals surface area contributed by atoms with Crippen LogP contribution in [0, 0.1) is 0 Å². The highest BCUT2D eigenvalue weighted by Crippen LogP contribution is 2.28. The van der Waals surface area contributed by atoms with Crippen LogP contribution in [0.25, 0.3) is 0 Å². The lowest BCUT2D eigenvalue weighted by Crippen LogP contribution is -2.13. The molecular weight excluding hydrogens is 386 g/mol. The molecule has 1 unspecified atom stereocenters. The Morgan fingerprint density at radius 2 is 1.82 bits per heavy atom. The van der Waals surface area contributed by atoms with Gasteiger partial charge in [-0.25, -0.2) is 8.42 Å². The Kier molecular flexibility index (Phi) is 5.53. The first-order chi connectivity index (χ1) is 10.3. The highest BCUT2D eigenvalue weighted by atomic mass is 79.9. The normalized spacial score (nSPS) is 12.9. The van der Waals surface area contributed by atoms with Crippen LogP contribution in [0.3, 0.4) is 0 Å². The number of halogens is 2. The molecule has 118 valence electrons. The van der Waals surface area contributed by atoms with E-state index < -0.39 is 10.0 Å². The molecule has 0 spiro atoms. The van der Waals surface area contributed by atoms with Crippen molar-refractivity contribution in [3.05, 3.63) is 57.5 Å². The fourth-order valence-electron chi connectivity index (χ4n) is 1.99. The van der Waals surface area contributed by atoms with Crippen LogP contribution >= 0.6 is 27.5 Å². The zero-order valence-electron chi connectivity index (χ0n) is 12.3. The molecule has 0 radical (unpaired) electrons. The molecule has 0 bridgehead atoms. The Morgan fingerprint density at radius 1 is 1.18 bits per heavy atom. The Morgan fingerprint density at radius 3 is 2.36 bits per heavy atom. The Bertz CT molecular complexity index is 760. The molecule has 0 fully saturated rings. The molecule has 22 heavy (non-hydrogen) atoms. The van der Waals surface area contributed by atoms with E-state index in [1.54, 1.807) is 30.3 Å². The van der Waals surface area contributed by atoms with Crippen molar-refractivity contribution in [1.82, 2.24) is 0 Å². The molecule has 0 aliphatic carbocycles. The van der Waals surface area contributed by atoms with Crippen molar-refractivity contribution in [1.29, 1.82) is 0 Å². The van der Waals surface area contributed by atoms with E-state index in [4.69, 9.17) is 11.6 Å². The second kappa shape index (κ2) is 7.02. The van der Waals surface area contributed by atoms with Crippen molar-refractivity contribution in [2.45, 2.75) is 31.1 Å². The number of benzene rings is 2. The monoisotopic (exact) mass is 401 g/mol. The zero-order valence-corrected chi connectivity index (χ0v) is 15.5. The van der Waals surface area contributed by atoms with Crippen LogP contribution in [-0.2, 0) is 10.0 Å². The molecule has 0 heterocycles. The van der Waals surface area contributed by atoms with Crippen LogP contribution in [0.5, 0.6) is 0 Å². The molecule has 2 aromatic carbocycles. The van der Waals surface area contributed by atoms with Gasteiger partial charge in [-0.2, -0.15) is 0 Å². The van der Waals surface area contributed by atoms with Gasteiger partial charge in [0.15, 0.2) is 0 Å². The third-order valence-corrected chi connectivity index (χ3v) is 5.73. The summed E-state index contributed by atoms with van der Waals surface area (Å²) in [7, 11) is -3.65. The summed E-state index contributed by atoms with van der Waals surface area (Å²) < 4.78 is 28.1. The molecule has 1 atom stereocenters. The van der Waals surface area contributed by atoms with Gasteiger partial charge in [0.2, 0.25) is 0 Å². The predicted octanol–water partition coefficient (Wildman–Crippen LogP) is 5.42.